The number of rotatable bonds is 6. The van der Waals surface area contributed by atoms with Gasteiger partial charge < -0.3 is 5.73 Å². The molecule has 20 heavy (non-hydrogen) atoms. The predicted molar refractivity (Wildman–Crippen MR) is 84.3 cm³/mol. The summed E-state index contributed by atoms with van der Waals surface area (Å²) >= 11 is 3.45. The maximum Gasteiger partial charge on any atom is 0.0483 e. The summed E-state index contributed by atoms with van der Waals surface area (Å²) in [7, 11) is 2.08. The van der Waals surface area contributed by atoms with Gasteiger partial charge in [0.05, 0.1) is 0 Å². The van der Waals surface area contributed by atoms with E-state index >= 15 is 0 Å². The molecule has 0 aliphatic heterocycles. The van der Waals surface area contributed by atoms with E-state index in [1.54, 1.807) is 6.20 Å². The average molecular weight is 335 g/mol. The summed E-state index contributed by atoms with van der Waals surface area (Å²) in [4.78, 5) is 10.8. The summed E-state index contributed by atoms with van der Waals surface area (Å²) in [6.07, 6.45) is 6.40. The topological polar surface area (TPSA) is 55.0 Å². The number of nitrogens with two attached hydrogens (primary N) is 1. The van der Waals surface area contributed by atoms with Crippen LogP contribution in [-0.4, -0.2) is 35.0 Å². The van der Waals surface area contributed by atoms with Crippen LogP contribution in [0.15, 0.2) is 47.3 Å². The third-order valence-electron chi connectivity index (χ3n) is 3.31. The second-order valence-electron chi connectivity index (χ2n) is 4.74. The van der Waals surface area contributed by atoms with Gasteiger partial charge in [0, 0.05) is 54.3 Å². The summed E-state index contributed by atoms with van der Waals surface area (Å²) in [5.41, 5.74) is 8.15. The van der Waals surface area contributed by atoms with Gasteiger partial charge in [0.25, 0.3) is 0 Å². The fourth-order valence-corrected chi connectivity index (χ4v) is 2.56. The van der Waals surface area contributed by atoms with Gasteiger partial charge in [-0.2, -0.15) is 0 Å². The van der Waals surface area contributed by atoms with Gasteiger partial charge in [-0.1, -0.05) is 6.07 Å². The van der Waals surface area contributed by atoms with E-state index in [0.717, 1.165) is 28.7 Å². The van der Waals surface area contributed by atoms with Gasteiger partial charge in [-0.15, -0.1) is 0 Å². The molecule has 0 bridgehead atoms. The first kappa shape index (κ1) is 15.1. The lowest BCUT2D eigenvalue weighted by atomic mass is 10.1. The van der Waals surface area contributed by atoms with E-state index in [0.29, 0.717) is 6.54 Å². The molecule has 5 heteroatoms. The van der Waals surface area contributed by atoms with Crippen LogP contribution in [-0.2, 0) is 6.42 Å². The molecule has 2 aromatic rings. The van der Waals surface area contributed by atoms with Crippen LogP contribution >= 0.6 is 15.9 Å². The van der Waals surface area contributed by atoms with Crippen molar-refractivity contribution < 1.29 is 0 Å². The van der Waals surface area contributed by atoms with E-state index in [1.807, 2.05) is 30.6 Å². The molecule has 2 aromatic heterocycles. The normalized spacial score (nSPS) is 12.6. The van der Waals surface area contributed by atoms with Gasteiger partial charge in [0.15, 0.2) is 0 Å². The summed E-state index contributed by atoms with van der Waals surface area (Å²) in [5, 5.41) is 0. The van der Waals surface area contributed by atoms with Crippen molar-refractivity contribution in [2.75, 3.05) is 20.1 Å². The Balaban J connectivity index is 2.00. The Labute approximate surface area is 128 Å². The highest BCUT2D eigenvalue weighted by molar-refractivity contribution is 9.10. The van der Waals surface area contributed by atoms with Crippen LogP contribution in [0.1, 0.15) is 17.3 Å². The zero-order chi connectivity index (χ0) is 14.4. The van der Waals surface area contributed by atoms with Crippen LogP contribution in [0.25, 0.3) is 0 Å². The SMILES string of the molecule is CN(CCc1ccccn1)C(CN)c1cncc(Br)c1. The van der Waals surface area contributed by atoms with Crippen LogP contribution < -0.4 is 5.73 Å². The fraction of sp³-hybridized carbons (Fsp3) is 0.333. The Morgan fingerprint density at radius 2 is 2.20 bits per heavy atom. The highest BCUT2D eigenvalue weighted by atomic mass is 79.9. The summed E-state index contributed by atoms with van der Waals surface area (Å²) in [6, 6.07) is 8.24. The van der Waals surface area contributed by atoms with E-state index in [4.69, 9.17) is 5.73 Å². The molecule has 0 spiro atoms. The minimum atomic E-state index is 0.170. The standard InChI is InChI=1S/C15H19BrN4/c1-20(7-5-14-4-2-3-6-19-14)15(9-17)12-8-13(16)11-18-10-12/h2-4,6,8,10-11,15H,5,7,9,17H2,1H3. The van der Waals surface area contributed by atoms with E-state index < -0.39 is 0 Å². The van der Waals surface area contributed by atoms with Gasteiger partial charge in [0.2, 0.25) is 0 Å². The second-order valence-corrected chi connectivity index (χ2v) is 5.66. The Morgan fingerprint density at radius 3 is 2.85 bits per heavy atom. The molecule has 0 saturated heterocycles. The van der Waals surface area contributed by atoms with Crippen molar-refractivity contribution in [2.45, 2.75) is 12.5 Å². The lowest BCUT2D eigenvalue weighted by Gasteiger charge is -2.27. The quantitative estimate of drug-likeness (QED) is 0.881. The molecular formula is C15H19BrN4. The van der Waals surface area contributed by atoms with Crippen molar-refractivity contribution in [1.29, 1.82) is 0 Å². The number of aromatic nitrogens is 2. The van der Waals surface area contributed by atoms with E-state index in [2.05, 4.69) is 43.9 Å². The Hall–Kier alpha value is -1.30. The summed E-state index contributed by atoms with van der Waals surface area (Å²) < 4.78 is 0.978. The van der Waals surface area contributed by atoms with Gasteiger partial charge >= 0.3 is 0 Å². The molecule has 106 valence electrons. The lowest BCUT2D eigenvalue weighted by Crippen LogP contribution is -2.32. The van der Waals surface area contributed by atoms with Crippen molar-refractivity contribution in [1.82, 2.24) is 14.9 Å². The number of hydrogen-bond donors (Lipinski definition) is 1. The Morgan fingerprint density at radius 1 is 1.35 bits per heavy atom. The molecule has 2 heterocycles. The van der Waals surface area contributed by atoms with Gasteiger partial charge in [-0.05, 0) is 46.7 Å². The fourth-order valence-electron chi connectivity index (χ4n) is 2.17. The molecule has 2 rings (SSSR count). The van der Waals surface area contributed by atoms with Crippen molar-refractivity contribution in [3.8, 4) is 0 Å². The molecule has 1 unspecified atom stereocenters. The van der Waals surface area contributed by atoms with Gasteiger partial charge in [-0.25, -0.2) is 0 Å². The Kier molecular flexibility index (Phi) is 5.64. The molecule has 1 atom stereocenters. The van der Waals surface area contributed by atoms with Crippen molar-refractivity contribution in [2.24, 2.45) is 5.73 Å². The maximum atomic E-state index is 5.92. The highest BCUT2D eigenvalue weighted by Crippen LogP contribution is 2.20. The zero-order valence-electron chi connectivity index (χ0n) is 11.5. The number of likely N-dealkylation sites (N-methyl/N-ethyl adjacent to an activating group) is 1. The van der Waals surface area contributed by atoms with Crippen molar-refractivity contribution >= 4 is 15.9 Å². The van der Waals surface area contributed by atoms with Crippen molar-refractivity contribution in [3.05, 3.63) is 58.6 Å². The van der Waals surface area contributed by atoms with Crippen LogP contribution in [0.3, 0.4) is 0 Å². The monoisotopic (exact) mass is 334 g/mol. The molecule has 0 aliphatic carbocycles. The molecule has 0 radical (unpaired) electrons. The first-order valence-electron chi connectivity index (χ1n) is 6.61. The maximum absolute atomic E-state index is 5.92. The molecule has 0 aliphatic rings. The van der Waals surface area contributed by atoms with Crippen LogP contribution in [0.5, 0.6) is 0 Å². The van der Waals surface area contributed by atoms with Crippen LogP contribution in [0.4, 0.5) is 0 Å². The number of nitrogens with zero attached hydrogens (tertiary/aromatic N) is 3. The van der Waals surface area contributed by atoms with Gasteiger partial charge in [0.1, 0.15) is 0 Å². The molecular weight excluding hydrogens is 316 g/mol. The largest absolute Gasteiger partial charge is 0.329 e. The third kappa shape index (κ3) is 4.10. The smallest absolute Gasteiger partial charge is 0.0483 e. The van der Waals surface area contributed by atoms with E-state index in [1.165, 1.54) is 0 Å². The summed E-state index contributed by atoms with van der Waals surface area (Å²) in [5.74, 6) is 0. The van der Waals surface area contributed by atoms with Crippen molar-refractivity contribution in [3.63, 3.8) is 0 Å². The summed E-state index contributed by atoms with van der Waals surface area (Å²) in [6.45, 7) is 1.47. The average Bonchev–Trinajstić information content (AvgIpc) is 2.47. The highest BCUT2D eigenvalue weighted by Gasteiger charge is 2.16. The molecule has 4 nitrogen and oxygen atoms in total. The molecule has 2 N–H and O–H groups in total. The minimum absolute atomic E-state index is 0.170. The third-order valence-corrected chi connectivity index (χ3v) is 3.75. The number of halogens is 1. The van der Waals surface area contributed by atoms with E-state index in [-0.39, 0.29) is 6.04 Å². The number of pyridine rings is 2. The van der Waals surface area contributed by atoms with E-state index in [9.17, 15) is 0 Å². The van der Waals surface area contributed by atoms with Crippen LogP contribution in [0.2, 0.25) is 0 Å². The molecule has 0 aromatic carbocycles. The molecule has 0 amide bonds. The number of hydrogen-bond acceptors (Lipinski definition) is 4. The van der Waals surface area contributed by atoms with Gasteiger partial charge in [-0.3, -0.25) is 14.9 Å². The lowest BCUT2D eigenvalue weighted by molar-refractivity contribution is 0.252. The Bertz CT molecular complexity index is 532. The predicted octanol–water partition coefficient (Wildman–Crippen LogP) is 2.41. The first-order chi connectivity index (χ1) is 9.70. The molecule has 0 saturated carbocycles. The van der Waals surface area contributed by atoms with Crippen LogP contribution in [0, 0.1) is 0 Å². The second kappa shape index (κ2) is 7.47. The molecule has 0 fully saturated rings. The first-order valence-corrected chi connectivity index (χ1v) is 7.40. The zero-order valence-corrected chi connectivity index (χ0v) is 13.1. The minimum Gasteiger partial charge on any atom is -0.329 e.